The molecule has 0 aliphatic carbocycles. The molecule has 0 bridgehead atoms. The maximum Gasteiger partial charge on any atom is 0.0712 e. The lowest BCUT2D eigenvalue weighted by Crippen LogP contribution is -2.25. The van der Waals surface area contributed by atoms with Crippen molar-refractivity contribution in [3.8, 4) is 0 Å². The van der Waals surface area contributed by atoms with Crippen LogP contribution in [0.25, 0.3) is 21.0 Å². The fourth-order valence-electron chi connectivity index (χ4n) is 2.49. The Labute approximate surface area is 122 Å². The van der Waals surface area contributed by atoms with E-state index in [0.29, 0.717) is 0 Å². The van der Waals surface area contributed by atoms with Gasteiger partial charge in [-0.05, 0) is 32.4 Å². The number of nitrogens with two attached hydrogens (primary N) is 1. The van der Waals surface area contributed by atoms with Crippen LogP contribution in [-0.2, 0) is 0 Å². The highest BCUT2D eigenvalue weighted by molar-refractivity contribution is 7.19. The highest BCUT2D eigenvalue weighted by atomic mass is 32.1. The highest BCUT2D eigenvalue weighted by Crippen LogP contribution is 2.39. The topological polar surface area (TPSA) is 50.9 Å². The van der Waals surface area contributed by atoms with E-state index in [1.165, 1.54) is 31.6 Å². The monoisotopic (exact) mass is 285 g/mol. The number of benzene rings is 1. The fraction of sp³-hybridized carbons (Fsp3) is 0.312. The predicted octanol–water partition coefficient (Wildman–Crippen LogP) is 3.83. The van der Waals surface area contributed by atoms with Gasteiger partial charge in [-0.15, -0.1) is 11.3 Å². The zero-order chi connectivity index (χ0) is 14.3. The second-order valence-electron chi connectivity index (χ2n) is 5.41. The lowest BCUT2D eigenvalue weighted by atomic mass is 10.1. The summed E-state index contributed by atoms with van der Waals surface area (Å²) in [5.41, 5.74) is 9.36. The summed E-state index contributed by atoms with van der Waals surface area (Å²) in [6, 6.07) is 6.59. The Morgan fingerprint density at radius 3 is 2.90 bits per heavy atom. The van der Waals surface area contributed by atoms with E-state index in [1.807, 2.05) is 13.1 Å². The lowest BCUT2D eigenvalue weighted by Gasteiger charge is -2.10. The van der Waals surface area contributed by atoms with E-state index in [9.17, 15) is 0 Å². The molecule has 1 atom stereocenters. The van der Waals surface area contributed by atoms with Gasteiger partial charge in [0.05, 0.1) is 15.9 Å². The van der Waals surface area contributed by atoms with Gasteiger partial charge in [0, 0.05) is 34.4 Å². The van der Waals surface area contributed by atoms with E-state index in [1.54, 1.807) is 11.3 Å². The number of aryl methyl sites for hydroxylation is 2. The average Bonchev–Trinajstić information content (AvgIpc) is 2.72. The molecule has 0 fully saturated rings. The molecule has 0 saturated carbocycles. The summed E-state index contributed by atoms with van der Waals surface area (Å²) in [5, 5.41) is 5.99. The molecule has 4 heteroatoms. The molecule has 0 aliphatic heterocycles. The van der Waals surface area contributed by atoms with Gasteiger partial charge in [0.15, 0.2) is 0 Å². The minimum atomic E-state index is 0.139. The number of pyridine rings is 1. The van der Waals surface area contributed by atoms with Gasteiger partial charge in [-0.1, -0.05) is 12.1 Å². The number of aromatic nitrogens is 1. The van der Waals surface area contributed by atoms with Crippen molar-refractivity contribution in [3.05, 3.63) is 34.8 Å². The van der Waals surface area contributed by atoms with Crippen molar-refractivity contribution >= 4 is 38.0 Å². The van der Waals surface area contributed by atoms with Gasteiger partial charge in [0.25, 0.3) is 0 Å². The standard InChI is InChI=1S/C16H19N3S/c1-9-4-5-12-13(6-9)18-8-14-15(12)16(11(3)20-14)19-7-10(2)17/h4-6,8,10,19H,7,17H2,1-3H3. The van der Waals surface area contributed by atoms with Gasteiger partial charge in [-0.3, -0.25) is 4.98 Å². The average molecular weight is 285 g/mol. The van der Waals surface area contributed by atoms with Crippen LogP contribution in [0.5, 0.6) is 0 Å². The number of nitrogens with zero attached hydrogens (tertiary/aromatic N) is 1. The van der Waals surface area contributed by atoms with Crippen molar-refractivity contribution < 1.29 is 0 Å². The summed E-state index contributed by atoms with van der Waals surface area (Å²) in [6.07, 6.45) is 1.98. The summed E-state index contributed by atoms with van der Waals surface area (Å²) in [7, 11) is 0. The van der Waals surface area contributed by atoms with Gasteiger partial charge in [-0.2, -0.15) is 0 Å². The third-order valence-electron chi connectivity index (χ3n) is 3.46. The van der Waals surface area contributed by atoms with Gasteiger partial charge >= 0.3 is 0 Å². The first kappa shape index (κ1) is 13.3. The number of anilines is 1. The van der Waals surface area contributed by atoms with Crippen molar-refractivity contribution in [2.75, 3.05) is 11.9 Å². The van der Waals surface area contributed by atoms with Crippen molar-refractivity contribution in [1.82, 2.24) is 4.98 Å². The second kappa shape index (κ2) is 5.04. The molecular formula is C16H19N3S. The summed E-state index contributed by atoms with van der Waals surface area (Å²) in [6.45, 7) is 7.04. The van der Waals surface area contributed by atoms with Gasteiger partial charge in [0.1, 0.15) is 0 Å². The van der Waals surface area contributed by atoms with Crippen molar-refractivity contribution in [2.45, 2.75) is 26.8 Å². The first-order chi connectivity index (χ1) is 9.56. The number of hydrogen-bond acceptors (Lipinski definition) is 4. The first-order valence-electron chi connectivity index (χ1n) is 6.84. The highest BCUT2D eigenvalue weighted by Gasteiger charge is 2.13. The van der Waals surface area contributed by atoms with Crippen LogP contribution in [-0.4, -0.2) is 17.6 Å². The Balaban J connectivity index is 2.25. The molecule has 20 heavy (non-hydrogen) atoms. The molecule has 0 saturated heterocycles. The Bertz CT molecular complexity index is 774. The molecule has 3 rings (SSSR count). The van der Waals surface area contributed by atoms with Crippen LogP contribution >= 0.6 is 11.3 Å². The normalized spacial score (nSPS) is 13.0. The van der Waals surface area contributed by atoms with Crippen LogP contribution in [0, 0.1) is 13.8 Å². The number of hydrogen-bond donors (Lipinski definition) is 2. The minimum absolute atomic E-state index is 0.139. The van der Waals surface area contributed by atoms with Crippen LogP contribution in [0.2, 0.25) is 0 Å². The molecule has 1 aromatic carbocycles. The first-order valence-corrected chi connectivity index (χ1v) is 7.66. The van der Waals surface area contributed by atoms with Crippen LogP contribution < -0.4 is 11.1 Å². The maximum atomic E-state index is 5.86. The molecule has 0 aliphatic rings. The van der Waals surface area contributed by atoms with E-state index in [2.05, 4.69) is 42.3 Å². The van der Waals surface area contributed by atoms with Crippen molar-refractivity contribution in [1.29, 1.82) is 0 Å². The third kappa shape index (κ3) is 2.25. The Morgan fingerprint density at radius 2 is 2.15 bits per heavy atom. The number of nitrogens with one attached hydrogen (secondary N) is 1. The molecule has 3 nitrogen and oxygen atoms in total. The Hall–Kier alpha value is -1.65. The number of rotatable bonds is 3. The second-order valence-corrected chi connectivity index (χ2v) is 6.67. The Morgan fingerprint density at radius 1 is 1.35 bits per heavy atom. The summed E-state index contributed by atoms with van der Waals surface area (Å²) in [5.74, 6) is 0. The van der Waals surface area contributed by atoms with E-state index in [4.69, 9.17) is 5.73 Å². The molecule has 3 aromatic rings. The van der Waals surface area contributed by atoms with Gasteiger partial charge in [-0.25, -0.2) is 0 Å². The summed E-state index contributed by atoms with van der Waals surface area (Å²) >= 11 is 1.78. The van der Waals surface area contributed by atoms with Crippen LogP contribution in [0.1, 0.15) is 17.4 Å². The van der Waals surface area contributed by atoms with Crippen LogP contribution in [0.4, 0.5) is 5.69 Å². The van der Waals surface area contributed by atoms with Gasteiger partial charge < -0.3 is 11.1 Å². The van der Waals surface area contributed by atoms with E-state index >= 15 is 0 Å². The quantitative estimate of drug-likeness (QED) is 0.769. The smallest absolute Gasteiger partial charge is 0.0712 e. The zero-order valence-corrected chi connectivity index (χ0v) is 12.8. The summed E-state index contributed by atoms with van der Waals surface area (Å²) < 4.78 is 1.23. The maximum absolute atomic E-state index is 5.86. The largest absolute Gasteiger partial charge is 0.382 e. The third-order valence-corrected chi connectivity index (χ3v) is 4.50. The molecule has 0 radical (unpaired) electrons. The molecule has 0 spiro atoms. The fourth-order valence-corrected chi connectivity index (χ4v) is 3.51. The molecule has 3 N–H and O–H groups in total. The van der Waals surface area contributed by atoms with Crippen molar-refractivity contribution in [3.63, 3.8) is 0 Å². The van der Waals surface area contributed by atoms with E-state index < -0.39 is 0 Å². The zero-order valence-electron chi connectivity index (χ0n) is 12.0. The van der Waals surface area contributed by atoms with Crippen molar-refractivity contribution in [2.24, 2.45) is 5.73 Å². The summed E-state index contributed by atoms with van der Waals surface area (Å²) in [4.78, 5) is 5.87. The van der Waals surface area contributed by atoms with Gasteiger partial charge in [0.2, 0.25) is 0 Å². The number of fused-ring (bicyclic) bond motifs is 3. The van der Waals surface area contributed by atoms with E-state index in [0.717, 1.165) is 12.1 Å². The predicted molar refractivity (Wildman–Crippen MR) is 88.7 cm³/mol. The SMILES string of the molecule is Cc1ccc2c(c1)ncc1sc(C)c(NCC(C)N)c12. The molecule has 2 heterocycles. The van der Waals surface area contributed by atoms with E-state index in [-0.39, 0.29) is 6.04 Å². The Kier molecular flexibility index (Phi) is 3.36. The molecular weight excluding hydrogens is 266 g/mol. The lowest BCUT2D eigenvalue weighted by molar-refractivity contribution is 0.780. The molecule has 104 valence electrons. The van der Waals surface area contributed by atoms with Crippen LogP contribution in [0.15, 0.2) is 24.4 Å². The van der Waals surface area contributed by atoms with Crippen LogP contribution in [0.3, 0.4) is 0 Å². The minimum Gasteiger partial charge on any atom is -0.382 e. The molecule has 1 unspecified atom stereocenters. The number of thiophene rings is 1. The molecule has 0 amide bonds. The molecule has 2 aromatic heterocycles.